The van der Waals surface area contributed by atoms with Gasteiger partial charge in [-0.1, -0.05) is 6.07 Å². The minimum absolute atomic E-state index is 0.344. The molecule has 3 rings (SSSR count). The molecule has 0 radical (unpaired) electrons. The van der Waals surface area contributed by atoms with E-state index in [1.165, 1.54) is 11.8 Å². The van der Waals surface area contributed by atoms with E-state index >= 15 is 0 Å². The van der Waals surface area contributed by atoms with Gasteiger partial charge in [0.2, 0.25) is 5.89 Å². The van der Waals surface area contributed by atoms with Gasteiger partial charge < -0.3 is 14.6 Å². The number of aromatic nitrogens is 1. The zero-order valence-electron chi connectivity index (χ0n) is 15.9. The van der Waals surface area contributed by atoms with E-state index < -0.39 is 12.2 Å². The Kier molecular flexibility index (Phi) is 6.61. The van der Waals surface area contributed by atoms with Crippen molar-refractivity contribution in [1.29, 1.82) is 0 Å². The molecule has 1 unspecified atom stereocenters. The summed E-state index contributed by atoms with van der Waals surface area (Å²) in [6.07, 6.45) is -2.61. The largest absolute Gasteiger partial charge is 0.443 e. The average molecular weight is 415 g/mol. The smallest absolute Gasteiger partial charge is 0.403 e. The van der Waals surface area contributed by atoms with Crippen LogP contribution in [0.5, 0.6) is 0 Å². The lowest BCUT2D eigenvalue weighted by Gasteiger charge is -2.39. The molecule has 0 spiro atoms. The molecular weight excluding hydrogens is 391 g/mol. The van der Waals surface area contributed by atoms with E-state index in [0.717, 1.165) is 4.88 Å². The van der Waals surface area contributed by atoms with Gasteiger partial charge in [0.1, 0.15) is 18.0 Å². The second kappa shape index (κ2) is 8.95. The fourth-order valence-electron chi connectivity index (χ4n) is 3.00. The summed E-state index contributed by atoms with van der Waals surface area (Å²) in [5, 5.41) is 5.17. The number of oxazole rings is 1. The lowest BCUT2D eigenvalue weighted by molar-refractivity contribution is -0.181. The van der Waals surface area contributed by atoms with Crippen LogP contribution in [0.3, 0.4) is 0 Å². The summed E-state index contributed by atoms with van der Waals surface area (Å²) >= 11 is 1.55. The number of rotatable bonds is 5. The molecule has 0 amide bonds. The minimum Gasteiger partial charge on any atom is -0.443 e. The topological polar surface area (TPSA) is 56.9 Å². The van der Waals surface area contributed by atoms with Crippen LogP contribution < -0.4 is 5.32 Å². The van der Waals surface area contributed by atoms with Crippen LogP contribution in [0, 0.1) is 0 Å². The third-order valence-electron chi connectivity index (χ3n) is 4.64. The Morgan fingerprint density at radius 1 is 1.36 bits per heavy atom. The molecule has 2 aromatic heterocycles. The van der Waals surface area contributed by atoms with E-state index in [1.54, 1.807) is 17.6 Å². The Balaban J connectivity index is 1.61. The monoisotopic (exact) mass is 415 g/mol. The van der Waals surface area contributed by atoms with Crippen molar-refractivity contribution < 1.29 is 17.6 Å². The maximum atomic E-state index is 12.9. The molecule has 6 nitrogen and oxygen atoms in total. The summed E-state index contributed by atoms with van der Waals surface area (Å²) in [6, 6.07) is 2.44. The van der Waals surface area contributed by atoms with E-state index in [9.17, 15) is 13.2 Å². The highest BCUT2D eigenvalue weighted by atomic mass is 32.1. The number of guanidine groups is 1. The number of nitrogens with one attached hydrogen (secondary N) is 1. The maximum absolute atomic E-state index is 12.9. The van der Waals surface area contributed by atoms with Crippen molar-refractivity contribution in [2.75, 3.05) is 32.7 Å². The molecule has 28 heavy (non-hydrogen) atoms. The number of aliphatic imine (C=N–C) groups is 1. The fraction of sp³-hybridized carbons (Fsp3) is 0.556. The third-order valence-corrected chi connectivity index (χ3v) is 5.50. The molecule has 1 aliphatic rings. The number of nitrogens with zero attached hydrogens (tertiary/aromatic N) is 4. The summed E-state index contributed by atoms with van der Waals surface area (Å²) < 4.78 is 44.3. The lowest BCUT2D eigenvalue weighted by Crippen LogP contribution is -2.56. The number of piperazine rings is 1. The quantitative estimate of drug-likeness (QED) is 0.599. The van der Waals surface area contributed by atoms with E-state index in [-0.39, 0.29) is 0 Å². The van der Waals surface area contributed by atoms with Gasteiger partial charge in [-0.05, 0) is 25.3 Å². The van der Waals surface area contributed by atoms with Crippen molar-refractivity contribution in [3.63, 3.8) is 0 Å². The molecule has 154 valence electrons. The highest BCUT2D eigenvalue weighted by Crippen LogP contribution is 2.25. The Morgan fingerprint density at radius 2 is 2.11 bits per heavy atom. The number of thiophene rings is 1. The highest BCUT2D eigenvalue weighted by molar-refractivity contribution is 7.13. The number of halogens is 3. The van der Waals surface area contributed by atoms with E-state index in [0.29, 0.717) is 56.8 Å². The standard InChI is InChI=1S/C18H24F3N5OS/c1-3-22-17(26-8-6-25(7-9-26)13(2)18(19,20)21)23-11-14-12-27-16(24-14)15-5-4-10-28-15/h4-5,10,12-13H,3,6-9,11H2,1-2H3,(H,22,23). The molecule has 0 bridgehead atoms. The Labute approximate surface area is 166 Å². The summed E-state index contributed by atoms with van der Waals surface area (Å²) in [7, 11) is 0. The van der Waals surface area contributed by atoms with Crippen molar-refractivity contribution in [3.8, 4) is 10.8 Å². The van der Waals surface area contributed by atoms with Crippen LogP contribution in [-0.2, 0) is 6.54 Å². The van der Waals surface area contributed by atoms with Crippen molar-refractivity contribution >= 4 is 17.3 Å². The molecular formula is C18H24F3N5OS. The molecule has 0 aromatic carbocycles. The van der Waals surface area contributed by atoms with Gasteiger partial charge >= 0.3 is 6.18 Å². The van der Waals surface area contributed by atoms with Gasteiger partial charge in [-0.2, -0.15) is 13.2 Å². The predicted octanol–water partition coefficient (Wildman–Crippen LogP) is 3.44. The van der Waals surface area contributed by atoms with Crippen LogP contribution in [-0.4, -0.2) is 65.7 Å². The van der Waals surface area contributed by atoms with E-state index in [4.69, 9.17) is 4.42 Å². The maximum Gasteiger partial charge on any atom is 0.403 e. The molecule has 1 atom stereocenters. The van der Waals surface area contributed by atoms with E-state index in [1.807, 2.05) is 29.3 Å². The van der Waals surface area contributed by atoms with Crippen molar-refractivity contribution in [2.45, 2.75) is 32.6 Å². The molecule has 2 aromatic rings. The van der Waals surface area contributed by atoms with Gasteiger partial charge in [-0.15, -0.1) is 11.3 Å². The first kappa shape index (κ1) is 20.7. The minimum atomic E-state index is -4.20. The van der Waals surface area contributed by atoms with E-state index in [2.05, 4.69) is 15.3 Å². The van der Waals surface area contributed by atoms with Crippen LogP contribution in [0.15, 0.2) is 33.2 Å². The molecule has 3 heterocycles. The van der Waals surface area contributed by atoms with Gasteiger partial charge in [0.25, 0.3) is 0 Å². The van der Waals surface area contributed by atoms with Crippen molar-refractivity contribution in [3.05, 3.63) is 29.5 Å². The molecule has 0 saturated carbocycles. The molecule has 0 aliphatic carbocycles. The first-order valence-electron chi connectivity index (χ1n) is 9.20. The molecule has 10 heteroatoms. The second-order valence-corrected chi connectivity index (χ2v) is 7.48. The molecule has 1 saturated heterocycles. The van der Waals surface area contributed by atoms with Gasteiger partial charge in [0, 0.05) is 32.7 Å². The average Bonchev–Trinajstić information content (AvgIpc) is 3.35. The Bertz CT molecular complexity index is 767. The summed E-state index contributed by atoms with van der Waals surface area (Å²) in [5.74, 6) is 1.25. The van der Waals surface area contributed by atoms with Crippen molar-refractivity contribution in [2.24, 2.45) is 4.99 Å². The Morgan fingerprint density at radius 3 is 2.71 bits per heavy atom. The van der Waals surface area contributed by atoms with Crippen LogP contribution in [0.25, 0.3) is 10.8 Å². The number of alkyl halides is 3. The summed E-state index contributed by atoms with van der Waals surface area (Å²) in [6.45, 7) is 5.87. The molecule has 1 N–H and O–H groups in total. The third kappa shape index (κ3) is 5.05. The first-order chi connectivity index (χ1) is 13.4. The highest BCUT2D eigenvalue weighted by Gasteiger charge is 2.41. The molecule has 1 fully saturated rings. The molecule has 1 aliphatic heterocycles. The zero-order chi connectivity index (χ0) is 20.1. The zero-order valence-corrected chi connectivity index (χ0v) is 16.7. The van der Waals surface area contributed by atoms with Crippen LogP contribution in [0.4, 0.5) is 13.2 Å². The second-order valence-electron chi connectivity index (χ2n) is 6.53. The van der Waals surface area contributed by atoms with Gasteiger partial charge in [-0.3, -0.25) is 4.90 Å². The number of hydrogen-bond donors (Lipinski definition) is 1. The van der Waals surface area contributed by atoms with Gasteiger partial charge in [0.05, 0.1) is 11.4 Å². The normalized spacial score (nSPS) is 17.8. The van der Waals surface area contributed by atoms with Crippen molar-refractivity contribution in [1.82, 2.24) is 20.1 Å². The van der Waals surface area contributed by atoms with Gasteiger partial charge in [-0.25, -0.2) is 9.98 Å². The first-order valence-corrected chi connectivity index (χ1v) is 10.1. The van der Waals surface area contributed by atoms with Gasteiger partial charge in [0.15, 0.2) is 5.96 Å². The lowest BCUT2D eigenvalue weighted by atomic mass is 10.2. The predicted molar refractivity (Wildman–Crippen MR) is 103 cm³/mol. The summed E-state index contributed by atoms with van der Waals surface area (Å²) in [5.41, 5.74) is 0.711. The number of hydrogen-bond acceptors (Lipinski definition) is 5. The Hall–Kier alpha value is -2.07. The fourth-order valence-corrected chi connectivity index (χ4v) is 3.66. The summed E-state index contributed by atoms with van der Waals surface area (Å²) in [4.78, 5) is 13.5. The van der Waals surface area contributed by atoms with Crippen LogP contribution in [0.1, 0.15) is 19.5 Å². The SMILES string of the molecule is CCNC(=NCc1coc(-c2cccs2)n1)N1CCN(C(C)C(F)(F)F)CC1. The van der Waals surface area contributed by atoms with Crippen LogP contribution >= 0.6 is 11.3 Å². The van der Waals surface area contributed by atoms with Crippen LogP contribution in [0.2, 0.25) is 0 Å².